The van der Waals surface area contributed by atoms with Gasteiger partial charge in [-0.15, -0.1) is 0 Å². The van der Waals surface area contributed by atoms with Crippen molar-refractivity contribution < 1.29 is 31.8 Å². The number of fused-ring (bicyclic) bond motifs is 1. The Kier molecular flexibility index (Phi) is 6.55. The van der Waals surface area contributed by atoms with E-state index in [1.54, 1.807) is 29.2 Å². The number of amidine groups is 1. The summed E-state index contributed by atoms with van der Waals surface area (Å²) < 4.78 is 58.9. The fourth-order valence-corrected chi connectivity index (χ4v) is 5.45. The second kappa shape index (κ2) is 9.77. The van der Waals surface area contributed by atoms with Gasteiger partial charge in [0.05, 0.1) is 17.5 Å². The number of ether oxygens (including phenoxy) is 2. The van der Waals surface area contributed by atoms with Crippen molar-refractivity contribution in [2.75, 3.05) is 5.75 Å². The van der Waals surface area contributed by atoms with E-state index in [2.05, 4.69) is 9.47 Å². The quantitative estimate of drug-likeness (QED) is 0.428. The molecule has 0 radical (unpaired) electrons. The highest BCUT2D eigenvalue weighted by Gasteiger charge is 2.42. The first-order valence-electron chi connectivity index (χ1n) is 11.0. The smallest absolute Gasteiger partial charge is 0.387 e. The molecule has 0 bridgehead atoms. The van der Waals surface area contributed by atoms with Crippen molar-refractivity contribution in [2.24, 2.45) is 4.99 Å². The zero-order valence-corrected chi connectivity index (χ0v) is 19.1. The van der Waals surface area contributed by atoms with Gasteiger partial charge in [-0.3, -0.25) is 9.69 Å². The molecule has 1 atom stereocenters. The van der Waals surface area contributed by atoms with E-state index >= 15 is 0 Å². The minimum Gasteiger partial charge on any atom is -0.435 e. The van der Waals surface area contributed by atoms with Crippen LogP contribution in [0.1, 0.15) is 36.4 Å². The van der Waals surface area contributed by atoms with Gasteiger partial charge in [-0.25, -0.2) is 4.99 Å². The summed E-state index contributed by atoms with van der Waals surface area (Å²) in [6, 6.07) is 12.4. The monoisotopic (exact) mass is 504 g/mol. The number of nitrogens with zero attached hydrogens (tertiary/aromatic N) is 2. The van der Waals surface area contributed by atoms with E-state index in [0.717, 1.165) is 47.2 Å². The molecule has 2 heterocycles. The van der Waals surface area contributed by atoms with Gasteiger partial charge in [0.2, 0.25) is 5.91 Å². The van der Waals surface area contributed by atoms with E-state index in [1.165, 1.54) is 36.0 Å². The summed E-state index contributed by atoms with van der Waals surface area (Å²) in [4.78, 5) is 19.3. The van der Waals surface area contributed by atoms with Gasteiger partial charge in [0.25, 0.3) is 0 Å². The molecule has 2 aromatic rings. The van der Waals surface area contributed by atoms with Gasteiger partial charge in [-0.2, -0.15) is 17.6 Å². The van der Waals surface area contributed by atoms with Crippen LogP contribution in [0, 0.1) is 0 Å². The number of amides is 1. The van der Waals surface area contributed by atoms with E-state index in [1.807, 2.05) is 6.08 Å². The van der Waals surface area contributed by atoms with Crippen LogP contribution < -0.4 is 9.47 Å². The molecule has 1 aliphatic carbocycles. The predicted molar refractivity (Wildman–Crippen MR) is 124 cm³/mol. The van der Waals surface area contributed by atoms with Crippen LogP contribution >= 0.6 is 11.8 Å². The van der Waals surface area contributed by atoms with E-state index < -0.39 is 13.2 Å². The van der Waals surface area contributed by atoms with E-state index in [4.69, 9.17) is 4.99 Å². The minimum absolute atomic E-state index is 0.0493. The zero-order valence-electron chi connectivity index (χ0n) is 18.3. The summed E-state index contributed by atoms with van der Waals surface area (Å²) in [6.45, 7) is -5.80. The fourth-order valence-electron chi connectivity index (χ4n) is 4.56. The van der Waals surface area contributed by atoms with Gasteiger partial charge in [0.1, 0.15) is 11.5 Å². The standard InChI is InChI=1S/C25H20F4N2O3S/c26-23(27)33-17-8-4-14(5-9-17)12-16-2-1-3-19-21(16)30-25-31(20(32)13-35-25)22(19)15-6-10-18(11-7-15)34-24(28)29/h4-12,22-24H,1-3,13H2/b16-12-. The second-order valence-electron chi connectivity index (χ2n) is 8.14. The van der Waals surface area contributed by atoms with Crippen LogP contribution in [0.3, 0.4) is 0 Å². The van der Waals surface area contributed by atoms with Crippen molar-refractivity contribution >= 4 is 28.9 Å². The highest BCUT2D eigenvalue weighted by molar-refractivity contribution is 8.15. The van der Waals surface area contributed by atoms with Crippen molar-refractivity contribution in [3.05, 3.63) is 76.5 Å². The fraction of sp³-hybridized carbons (Fsp3) is 0.280. The molecule has 1 fully saturated rings. The van der Waals surface area contributed by atoms with Gasteiger partial charge in [0.15, 0.2) is 5.17 Å². The predicted octanol–water partition coefficient (Wildman–Crippen LogP) is 6.40. The SMILES string of the molecule is O=C1CSC2=NC3=C(CCC/C3=C/c3ccc(OC(F)F)cc3)C(c3ccc(OC(F)F)cc3)N12. The average Bonchev–Trinajstić information content (AvgIpc) is 3.19. The Morgan fingerprint density at radius 1 is 0.943 bits per heavy atom. The van der Waals surface area contributed by atoms with Crippen LogP contribution in [0.15, 0.2) is 70.4 Å². The number of hydrogen-bond acceptors (Lipinski definition) is 5. The largest absolute Gasteiger partial charge is 0.435 e. The molecule has 5 rings (SSSR count). The third kappa shape index (κ3) is 4.93. The summed E-state index contributed by atoms with van der Waals surface area (Å²) in [5.41, 5.74) is 4.40. The Morgan fingerprint density at radius 3 is 2.20 bits per heavy atom. The van der Waals surface area contributed by atoms with Crippen LogP contribution in [-0.4, -0.2) is 35.0 Å². The van der Waals surface area contributed by atoms with Gasteiger partial charge >= 0.3 is 13.2 Å². The maximum atomic E-state index is 12.8. The highest BCUT2D eigenvalue weighted by atomic mass is 32.2. The number of alkyl halides is 4. The molecule has 0 N–H and O–H groups in total. The molecular weight excluding hydrogens is 484 g/mol. The highest BCUT2D eigenvalue weighted by Crippen LogP contribution is 2.47. The van der Waals surface area contributed by atoms with Crippen LogP contribution in [0.4, 0.5) is 17.6 Å². The first kappa shape index (κ1) is 23.5. The number of halogens is 4. The molecule has 10 heteroatoms. The van der Waals surface area contributed by atoms with Crippen molar-refractivity contribution in [2.45, 2.75) is 38.5 Å². The lowest BCUT2D eigenvalue weighted by Gasteiger charge is -2.37. The third-order valence-corrected chi connectivity index (χ3v) is 6.90. The molecule has 1 amide bonds. The first-order chi connectivity index (χ1) is 16.9. The molecule has 0 spiro atoms. The number of rotatable bonds is 6. The summed E-state index contributed by atoms with van der Waals surface area (Å²) in [7, 11) is 0. The molecule has 35 heavy (non-hydrogen) atoms. The van der Waals surface area contributed by atoms with Crippen LogP contribution in [-0.2, 0) is 4.79 Å². The van der Waals surface area contributed by atoms with Crippen LogP contribution in [0.2, 0.25) is 0 Å². The Hall–Kier alpha value is -3.27. The van der Waals surface area contributed by atoms with Gasteiger partial charge in [0, 0.05) is 0 Å². The van der Waals surface area contributed by atoms with Gasteiger partial charge in [-0.1, -0.05) is 36.0 Å². The molecule has 3 aliphatic rings. The van der Waals surface area contributed by atoms with Crippen molar-refractivity contribution in [3.63, 3.8) is 0 Å². The summed E-state index contributed by atoms with van der Waals surface area (Å²) in [5, 5.41) is 0.611. The molecule has 0 aromatic heterocycles. The Balaban J connectivity index is 1.52. The van der Waals surface area contributed by atoms with E-state index in [9.17, 15) is 22.4 Å². The maximum Gasteiger partial charge on any atom is 0.387 e. The lowest BCUT2D eigenvalue weighted by molar-refractivity contribution is -0.125. The summed E-state index contributed by atoms with van der Waals surface area (Å²) in [6.07, 6.45) is 4.33. The Labute approximate surface area is 203 Å². The normalized spacial score (nSPS) is 20.9. The average molecular weight is 505 g/mol. The molecule has 2 aromatic carbocycles. The number of allylic oxidation sites excluding steroid dienone is 1. The van der Waals surface area contributed by atoms with Gasteiger partial charge in [-0.05, 0) is 71.9 Å². The molecule has 2 aliphatic heterocycles. The number of aliphatic imine (C=N–C) groups is 1. The topological polar surface area (TPSA) is 51.1 Å². The number of thioether (sulfide) groups is 1. The van der Waals surface area contributed by atoms with Crippen molar-refractivity contribution in [1.82, 2.24) is 4.90 Å². The van der Waals surface area contributed by atoms with Gasteiger partial charge < -0.3 is 9.47 Å². The van der Waals surface area contributed by atoms with Crippen LogP contribution in [0.25, 0.3) is 6.08 Å². The van der Waals surface area contributed by atoms with E-state index in [0.29, 0.717) is 5.17 Å². The molecule has 0 saturated carbocycles. The summed E-state index contributed by atoms with van der Waals surface area (Å²) in [5.74, 6) is 0.365. The molecular formula is C25H20F4N2O3S. The number of benzene rings is 2. The Morgan fingerprint density at radius 2 is 1.57 bits per heavy atom. The molecule has 182 valence electrons. The molecule has 1 unspecified atom stereocenters. The Bertz CT molecular complexity index is 1210. The number of hydrogen-bond donors (Lipinski definition) is 0. The lowest BCUT2D eigenvalue weighted by Crippen LogP contribution is -2.38. The number of carbonyl (C=O) groups excluding carboxylic acids is 1. The minimum atomic E-state index is -2.91. The second-order valence-corrected chi connectivity index (χ2v) is 9.08. The third-order valence-electron chi connectivity index (χ3n) is 5.96. The van der Waals surface area contributed by atoms with Crippen LogP contribution in [0.5, 0.6) is 11.5 Å². The van der Waals surface area contributed by atoms with E-state index in [-0.39, 0.29) is 29.2 Å². The number of carbonyl (C=O) groups is 1. The first-order valence-corrected chi connectivity index (χ1v) is 11.9. The van der Waals surface area contributed by atoms with Crippen molar-refractivity contribution in [3.8, 4) is 11.5 Å². The molecule has 1 saturated heterocycles. The zero-order chi connectivity index (χ0) is 24.5. The summed E-state index contributed by atoms with van der Waals surface area (Å²) >= 11 is 1.37. The lowest BCUT2D eigenvalue weighted by atomic mass is 9.83. The van der Waals surface area contributed by atoms with Crippen molar-refractivity contribution in [1.29, 1.82) is 0 Å². The maximum absolute atomic E-state index is 12.8. The molecule has 5 nitrogen and oxygen atoms in total.